The van der Waals surface area contributed by atoms with E-state index in [4.69, 9.17) is 10.9 Å². The highest BCUT2D eigenvalue weighted by Crippen LogP contribution is 2.27. The van der Waals surface area contributed by atoms with Crippen LogP contribution >= 0.6 is 0 Å². The van der Waals surface area contributed by atoms with Crippen molar-refractivity contribution in [2.24, 2.45) is 0 Å². The minimum absolute atomic E-state index is 0.140. The van der Waals surface area contributed by atoms with Gasteiger partial charge in [-0.05, 0) is 12.1 Å². The van der Waals surface area contributed by atoms with Crippen LogP contribution in [0.25, 0.3) is 5.65 Å². The lowest BCUT2D eigenvalue weighted by Crippen LogP contribution is -2.27. The van der Waals surface area contributed by atoms with Crippen molar-refractivity contribution in [3.8, 4) is 0 Å². The zero-order chi connectivity index (χ0) is 16.3. The molecule has 0 spiro atoms. The molecule has 2 heterocycles. The van der Waals surface area contributed by atoms with E-state index in [1.807, 2.05) is 0 Å². The van der Waals surface area contributed by atoms with E-state index in [9.17, 15) is 18.0 Å². The van der Waals surface area contributed by atoms with E-state index in [1.54, 1.807) is 18.3 Å². The second-order valence-corrected chi connectivity index (χ2v) is 4.57. The van der Waals surface area contributed by atoms with Gasteiger partial charge in [-0.3, -0.25) is 14.4 Å². The van der Waals surface area contributed by atoms with Crippen molar-refractivity contribution in [1.82, 2.24) is 14.9 Å². The van der Waals surface area contributed by atoms with Crippen molar-refractivity contribution in [3.63, 3.8) is 0 Å². The largest absolute Gasteiger partial charge is 0.396 e. The highest BCUT2D eigenvalue weighted by molar-refractivity contribution is 5.80. The van der Waals surface area contributed by atoms with Crippen LogP contribution < -0.4 is 16.5 Å². The summed E-state index contributed by atoms with van der Waals surface area (Å²) < 4.78 is 38.7. The molecule has 0 aliphatic heterocycles. The minimum Gasteiger partial charge on any atom is -0.396 e. The van der Waals surface area contributed by atoms with Gasteiger partial charge in [-0.15, -0.1) is 0 Å². The first-order chi connectivity index (χ1) is 10.3. The standard InChI is InChI=1S/C12H14F3N5O2/c13-12(14,15)4-3-8-11(17-6-9(21)19-22)20-5-1-2-7(16)10(20)18-8/h1-2,5,17,22H,3-4,6,16H2,(H,19,21). The van der Waals surface area contributed by atoms with Crippen molar-refractivity contribution in [2.75, 3.05) is 17.6 Å². The molecule has 2 aromatic heterocycles. The van der Waals surface area contributed by atoms with Gasteiger partial charge in [-0.2, -0.15) is 13.2 Å². The third-order valence-corrected chi connectivity index (χ3v) is 2.94. The maximum atomic E-state index is 12.4. The Bertz CT molecular complexity index is 683. The topological polar surface area (TPSA) is 105 Å². The second-order valence-electron chi connectivity index (χ2n) is 4.57. The first-order valence-corrected chi connectivity index (χ1v) is 6.31. The van der Waals surface area contributed by atoms with Crippen LogP contribution in [0, 0.1) is 0 Å². The molecule has 0 atom stereocenters. The highest BCUT2D eigenvalue weighted by atomic mass is 19.4. The fourth-order valence-corrected chi connectivity index (χ4v) is 1.96. The van der Waals surface area contributed by atoms with Gasteiger partial charge in [0, 0.05) is 19.0 Å². The molecule has 0 saturated heterocycles. The van der Waals surface area contributed by atoms with Crippen molar-refractivity contribution in [3.05, 3.63) is 24.0 Å². The number of nitrogens with zero attached hydrogens (tertiary/aromatic N) is 2. The normalized spacial score (nSPS) is 11.6. The van der Waals surface area contributed by atoms with Crippen LogP contribution in [0.1, 0.15) is 12.1 Å². The number of rotatable bonds is 5. The predicted molar refractivity (Wildman–Crippen MR) is 72.4 cm³/mol. The summed E-state index contributed by atoms with van der Waals surface area (Å²) in [6, 6.07) is 3.18. The number of anilines is 2. The number of imidazole rings is 1. The fourth-order valence-electron chi connectivity index (χ4n) is 1.96. The number of pyridine rings is 1. The van der Waals surface area contributed by atoms with Crippen molar-refractivity contribution in [1.29, 1.82) is 0 Å². The Kier molecular flexibility index (Phi) is 4.40. The van der Waals surface area contributed by atoms with E-state index >= 15 is 0 Å². The van der Waals surface area contributed by atoms with E-state index in [2.05, 4.69) is 10.3 Å². The fraction of sp³-hybridized carbons (Fsp3) is 0.333. The van der Waals surface area contributed by atoms with Gasteiger partial charge in [-0.1, -0.05) is 0 Å². The van der Waals surface area contributed by atoms with Crippen LogP contribution in [0.2, 0.25) is 0 Å². The van der Waals surface area contributed by atoms with Gasteiger partial charge in [0.05, 0.1) is 17.9 Å². The van der Waals surface area contributed by atoms with E-state index in [1.165, 1.54) is 9.88 Å². The molecular weight excluding hydrogens is 303 g/mol. The number of nitrogen functional groups attached to an aromatic ring is 1. The molecule has 0 unspecified atom stereocenters. The maximum Gasteiger partial charge on any atom is 0.389 e. The summed E-state index contributed by atoms with van der Waals surface area (Å²) in [4.78, 5) is 15.2. The smallest absolute Gasteiger partial charge is 0.389 e. The summed E-state index contributed by atoms with van der Waals surface area (Å²) in [5, 5.41) is 11.1. The number of nitrogens with one attached hydrogen (secondary N) is 2. The summed E-state index contributed by atoms with van der Waals surface area (Å²) in [5.41, 5.74) is 7.92. The number of fused-ring (bicyclic) bond motifs is 1. The maximum absolute atomic E-state index is 12.4. The van der Waals surface area contributed by atoms with Gasteiger partial charge in [-0.25, -0.2) is 10.5 Å². The van der Waals surface area contributed by atoms with E-state index in [-0.39, 0.29) is 24.5 Å². The number of hydrogen-bond acceptors (Lipinski definition) is 5. The van der Waals surface area contributed by atoms with Gasteiger partial charge >= 0.3 is 6.18 Å². The van der Waals surface area contributed by atoms with Gasteiger partial charge in [0.15, 0.2) is 5.65 Å². The van der Waals surface area contributed by atoms with E-state index in [0.717, 1.165) is 0 Å². The number of carbonyl (C=O) groups excluding carboxylic acids is 1. The van der Waals surface area contributed by atoms with E-state index in [0.29, 0.717) is 11.3 Å². The lowest BCUT2D eigenvalue weighted by Gasteiger charge is -2.09. The molecule has 0 radical (unpaired) electrons. The molecule has 2 aromatic rings. The summed E-state index contributed by atoms with van der Waals surface area (Å²) in [7, 11) is 0. The lowest BCUT2D eigenvalue weighted by atomic mass is 10.2. The highest BCUT2D eigenvalue weighted by Gasteiger charge is 2.28. The molecule has 22 heavy (non-hydrogen) atoms. The van der Waals surface area contributed by atoms with Gasteiger partial charge in [0.25, 0.3) is 5.91 Å². The zero-order valence-electron chi connectivity index (χ0n) is 11.3. The molecule has 1 amide bonds. The average molecular weight is 317 g/mol. The monoisotopic (exact) mass is 317 g/mol. The first-order valence-electron chi connectivity index (χ1n) is 6.31. The van der Waals surface area contributed by atoms with Crippen molar-refractivity contribution >= 4 is 23.1 Å². The number of nitrogens with two attached hydrogens (primary N) is 1. The minimum atomic E-state index is -4.32. The molecule has 5 N–H and O–H groups in total. The zero-order valence-corrected chi connectivity index (χ0v) is 11.3. The molecule has 0 fully saturated rings. The Labute approximate surface area is 122 Å². The molecule has 0 aliphatic rings. The Balaban J connectivity index is 2.35. The summed E-state index contributed by atoms with van der Waals surface area (Å²) in [6.07, 6.45) is -4.15. The SMILES string of the molecule is Nc1cccn2c(NCC(=O)NO)c(CCC(F)(F)F)nc12. The predicted octanol–water partition coefficient (Wildman–Crippen LogP) is 1.33. The Morgan fingerprint density at radius 2 is 2.18 bits per heavy atom. The van der Waals surface area contributed by atoms with Crippen LogP contribution in [-0.4, -0.2) is 33.2 Å². The molecule has 0 aliphatic carbocycles. The number of hydroxylamine groups is 1. The number of aromatic nitrogens is 2. The molecule has 120 valence electrons. The third kappa shape index (κ3) is 3.58. The van der Waals surface area contributed by atoms with Crippen molar-refractivity contribution in [2.45, 2.75) is 19.0 Å². The molecule has 2 rings (SSSR count). The van der Waals surface area contributed by atoms with Crippen LogP contribution in [-0.2, 0) is 11.2 Å². The average Bonchev–Trinajstić information content (AvgIpc) is 2.81. The van der Waals surface area contributed by atoms with Gasteiger partial charge in [0.1, 0.15) is 5.82 Å². The van der Waals surface area contributed by atoms with E-state index < -0.39 is 18.5 Å². The summed E-state index contributed by atoms with van der Waals surface area (Å²) in [5.74, 6) is -0.504. The van der Waals surface area contributed by atoms with Crippen molar-refractivity contribution < 1.29 is 23.2 Å². The number of halogens is 3. The molecular formula is C12H14F3N5O2. The van der Waals surface area contributed by atoms with Crippen LogP contribution in [0.5, 0.6) is 0 Å². The number of amides is 1. The lowest BCUT2D eigenvalue weighted by molar-refractivity contribution is -0.134. The van der Waals surface area contributed by atoms with Gasteiger partial charge in [0.2, 0.25) is 0 Å². The van der Waals surface area contributed by atoms with Crippen LogP contribution in [0.3, 0.4) is 0 Å². The number of alkyl halides is 3. The molecule has 0 saturated carbocycles. The number of carbonyl (C=O) groups is 1. The van der Waals surface area contributed by atoms with Crippen LogP contribution in [0.15, 0.2) is 18.3 Å². The number of aryl methyl sites for hydroxylation is 1. The van der Waals surface area contributed by atoms with Gasteiger partial charge < -0.3 is 11.1 Å². The molecule has 7 nitrogen and oxygen atoms in total. The molecule has 0 bridgehead atoms. The summed E-state index contributed by atoms with van der Waals surface area (Å²) in [6.45, 7) is -0.321. The summed E-state index contributed by atoms with van der Waals surface area (Å²) >= 11 is 0. The second kappa shape index (κ2) is 6.10. The molecule has 0 aromatic carbocycles. The molecule has 10 heteroatoms. The Morgan fingerprint density at radius 3 is 2.82 bits per heavy atom. The third-order valence-electron chi connectivity index (χ3n) is 2.94. The number of hydrogen-bond donors (Lipinski definition) is 4. The first kappa shape index (κ1) is 15.9. The quantitative estimate of drug-likeness (QED) is 0.492. The Hall–Kier alpha value is -2.49. The van der Waals surface area contributed by atoms with Crippen LogP contribution in [0.4, 0.5) is 24.7 Å². The Morgan fingerprint density at radius 1 is 1.45 bits per heavy atom.